The van der Waals surface area contributed by atoms with Gasteiger partial charge in [0, 0.05) is 25.3 Å². The highest BCUT2D eigenvalue weighted by molar-refractivity contribution is 5.98. The molecule has 2 aromatic carbocycles. The maximum absolute atomic E-state index is 15.2. The van der Waals surface area contributed by atoms with Crippen LogP contribution in [-0.4, -0.2) is 317 Å². The Morgan fingerprint density at radius 3 is 1.81 bits per heavy atom. The summed E-state index contributed by atoms with van der Waals surface area (Å²) < 4.78 is 35.4. The van der Waals surface area contributed by atoms with Crippen molar-refractivity contribution >= 4 is 53.3 Å². The monoisotopic (exact) mass is 1380 g/mol. The predicted octanol–water partition coefficient (Wildman–Crippen LogP) is -12.7. The Morgan fingerprint density at radius 1 is 0.598 bits per heavy atom. The fraction of sp³-hybridized carbons (Fsp3) is 0.644. The third-order valence-electron chi connectivity index (χ3n) is 17.4. The Hall–Kier alpha value is -7.61. The van der Waals surface area contributed by atoms with Crippen molar-refractivity contribution in [2.75, 3.05) is 46.1 Å². The highest BCUT2D eigenvalue weighted by Gasteiger charge is 2.55. The van der Waals surface area contributed by atoms with Gasteiger partial charge < -0.3 is 138 Å². The number of benzene rings is 2. The number of nitrogens with zero attached hydrogens (tertiary/aromatic N) is 2. The largest absolute Gasteiger partial charge is 0.462 e. The molecule has 538 valence electrons. The predicted molar refractivity (Wildman–Crippen MR) is 326 cm³/mol. The lowest BCUT2D eigenvalue weighted by Gasteiger charge is -2.46. The van der Waals surface area contributed by atoms with E-state index in [2.05, 4.69) is 47.5 Å². The van der Waals surface area contributed by atoms with Crippen LogP contribution in [0.2, 0.25) is 0 Å². The smallest absolute Gasteiger partial charge is 0.346 e. The topological polar surface area (TPSA) is 602 Å². The number of hydrogen-bond acceptors (Lipinski definition) is 31. The normalized spacial score (nSPS) is 35.9. The molecule has 2 aromatic rings. The molecule has 0 aromatic heterocycles. The number of hydrogen-bond donors (Lipinski definition) is 23. The Balaban J connectivity index is 1.10. The lowest BCUT2D eigenvalue weighted by Crippen LogP contribution is -2.68. The van der Waals surface area contributed by atoms with E-state index in [1.54, 1.807) is 51.1 Å². The zero-order valence-electron chi connectivity index (χ0n) is 52.7. The zero-order valence-corrected chi connectivity index (χ0v) is 52.7. The number of amides is 6. The number of ether oxygens (including phenoxy) is 6. The first-order chi connectivity index (χ1) is 46.1. The molecule has 6 aliphatic rings. The quantitative estimate of drug-likeness (QED) is 0.0432. The molecule has 0 unspecified atom stereocenters. The van der Waals surface area contributed by atoms with Crippen LogP contribution >= 0.6 is 0 Å². The third-order valence-corrected chi connectivity index (χ3v) is 17.4. The SMILES string of the molecule is CC(C)CC(=O)O[C@@H]1[C@@H](O[C@H]2[C@H](O)[C@H](O)[C@@H](Oc3ccc(C[C@H]4NC(=O)[C@H]([C@@H](C)c5ccccc5)NC(=O)CNC(=O)[C@H](CO)NC(=O)[C@@H]([C@H](O)[C@@H]5CNC(N)=[N+]5[C@H]5O[C@H](CO)[C@@H](O)[C@H](O)[C@@H]5O)NC(=O)[C@H]([C@H](O)[C@@H]5CNC(N)=N5)NC4=O)cc3)O[C@@H]2CO)O[C@H](CO)[C@@H](O)[C@@H]1O. The van der Waals surface area contributed by atoms with Gasteiger partial charge in [0.25, 0.3) is 0 Å². The molecule has 8 rings (SSSR count). The molecule has 0 saturated carbocycles. The number of guanidine groups is 2. The van der Waals surface area contributed by atoms with Crippen LogP contribution in [0.15, 0.2) is 59.6 Å². The molecule has 4 saturated heterocycles. The highest BCUT2D eigenvalue weighted by Crippen LogP contribution is 2.33. The van der Waals surface area contributed by atoms with Crippen LogP contribution in [0.1, 0.15) is 44.2 Å². The van der Waals surface area contributed by atoms with Crippen LogP contribution in [0.25, 0.3) is 0 Å². The summed E-state index contributed by atoms with van der Waals surface area (Å²) in [6, 6.07) is 0.760. The molecular formula is C59H87N12O26+. The minimum absolute atomic E-state index is 0.0855. The van der Waals surface area contributed by atoms with E-state index in [0.717, 1.165) is 4.58 Å². The number of aliphatic hydroxyl groups is 13. The van der Waals surface area contributed by atoms with Crippen LogP contribution in [0, 0.1) is 5.92 Å². The number of esters is 1. The number of carbonyl (C=O) groups is 7. The number of aliphatic imine (C=N–C) groups is 1. The molecule has 6 heterocycles. The summed E-state index contributed by atoms with van der Waals surface area (Å²) in [5.74, 6) is -9.93. The van der Waals surface area contributed by atoms with Gasteiger partial charge in [-0.25, -0.2) is 9.57 Å². The molecule has 38 heteroatoms. The maximum atomic E-state index is 15.2. The fourth-order valence-electron chi connectivity index (χ4n) is 11.9. The van der Waals surface area contributed by atoms with Crippen LogP contribution < -0.4 is 58.7 Å². The first-order valence-corrected chi connectivity index (χ1v) is 31.3. The Kier molecular flexibility index (Phi) is 25.8. The van der Waals surface area contributed by atoms with Crippen molar-refractivity contribution < 1.29 is 133 Å². The average molecular weight is 1380 g/mol. The van der Waals surface area contributed by atoms with E-state index >= 15 is 9.59 Å². The molecule has 0 radical (unpaired) electrons. The summed E-state index contributed by atoms with van der Waals surface area (Å²) in [5.41, 5.74) is 12.9. The average Bonchev–Trinajstić information content (AvgIpc) is 1.73. The van der Waals surface area contributed by atoms with Gasteiger partial charge in [0.15, 0.2) is 18.4 Å². The third kappa shape index (κ3) is 17.6. The van der Waals surface area contributed by atoms with Gasteiger partial charge in [-0.05, 0) is 29.2 Å². The Bertz CT molecular complexity index is 3120. The molecule has 97 heavy (non-hydrogen) atoms. The summed E-state index contributed by atoms with van der Waals surface area (Å²) in [5, 5.41) is 162. The van der Waals surface area contributed by atoms with E-state index in [9.17, 15) is 90.4 Å². The lowest BCUT2D eigenvalue weighted by molar-refractivity contribution is -0.663. The number of nitrogens with two attached hydrogens (primary N) is 2. The molecule has 0 spiro atoms. The van der Waals surface area contributed by atoms with Crippen molar-refractivity contribution in [1.29, 1.82) is 0 Å². The van der Waals surface area contributed by atoms with Crippen molar-refractivity contribution in [2.45, 2.75) is 186 Å². The maximum Gasteiger partial charge on any atom is 0.346 e. The van der Waals surface area contributed by atoms with E-state index in [4.69, 9.17) is 39.9 Å². The second-order valence-electron chi connectivity index (χ2n) is 24.7. The van der Waals surface area contributed by atoms with Gasteiger partial charge in [0.2, 0.25) is 48.0 Å². The molecule has 25 atom stereocenters. The van der Waals surface area contributed by atoms with Crippen molar-refractivity contribution in [3.8, 4) is 5.75 Å². The summed E-state index contributed by atoms with van der Waals surface area (Å²) in [6.45, 7) is -0.403. The van der Waals surface area contributed by atoms with Crippen molar-refractivity contribution in [1.82, 2.24) is 42.5 Å². The van der Waals surface area contributed by atoms with E-state index in [-0.39, 0.29) is 42.1 Å². The second-order valence-corrected chi connectivity index (χ2v) is 24.7. The Morgan fingerprint density at radius 2 is 1.19 bits per heavy atom. The first kappa shape index (κ1) is 75.2. The number of rotatable bonds is 20. The summed E-state index contributed by atoms with van der Waals surface area (Å²) >= 11 is 0. The van der Waals surface area contributed by atoms with Gasteiger partial charge in [-0.3, -0.25) is 44.6 Å². The Labute approximate surface area is 553 Å². The summed E-state index contributed by atoms with van der Waals surface area (Å²) in [6.07, 6.45) is -31.9. The van der Waals surface area contributed by atoms with E-state index in [1.165, 1.54) is 24.3 Å². The number of carbonyl (C=O) groups excluding carboxylic acids is 7. The molecule has 25 N–H and O–H groups in total. The molecule has 4 fully saturated rings. The van der Waals surface area contributed by atoms with E-state index in [1.807, 2.05) is 0 Å². The molecule has 38 nitrogen and oxygen atoms in total. The van der Waals surface area contributed by atoms with Crippen LogP contribution in [-0.2, 0) is 63.7 Å². The first-order valence-electron chi connectivity index (χ1n) is 31.3. The minimum Gasteiger partial charge on any atom is -0.462 e. The zero-order chi connectivity index (χ0) is 70.9. The van der Waals surface area contributed by atoms with Crippen LogP contribution in [0.4, 0.5) is 0 Å². The standard InChI is InChI=1S/C59H86N12O26/c1-22(2)13-35(77)96-49-44(83)42(81)32(20-74)94-57(49)97-48-33(21-75)95-56(47(86)45(48)84)92-26-11-9-24(10-12-26)14-27-51(88)69-37(39(78)28-15-63-58(60)67-28)54(91)70-38(40(79)30-16-64-59(61)71(30)55-46(85)43(82)41(80)31(19-73)93-55)53(90)66-29(18-72)50(87)62-17-34(76)68-36(52(89)65-27)23(3)25-7-5-4-6-8-25/h4-12,22-23,27-33,36-49,55-57,72-75,78-86H,13-21H2,1-3H3,(H11,60,61,62,63,64,65,66,67,68,69,70,76,87,88,89,90,91)/p+1/t23-,27+,28-,29-,30-,31+,32+,33+,36-,37-,38+,39+,40+,41+,42+,43-,44-,45+,46-,47-,48+,49-,55-,56-,57+/m0/s1. The molecular weight excluding hydrogens is 1290 g/mol. The van der Waals surface area contributed by atoms with Crippen molar-refractivity contribution in [3.05, 3.63) is 65.7 Å². The van der Waals surface area contributed by atoms with Gasteiger partial charge in [-0.1, -0.05) is 63.2 Å². The molecule has 0 aliphatic carbocycles. The molecule has 6 amide bonds. The van der Waals surface area contributed by atoms with Crippen LogP contribution in [0.3, 0.4) is 0 Å². The minimum atomic E-state index is -2.34. The molecule has 6 aliphatic heterocycles. The highest BCUT2D eigenvalue weighted by atomic mass is 16.7. The van der Waals surface area contributed by atoms with Gasteiger partial charge in [0.1, 0.15) is 128 Å². The summed E-state index contributed by atoms with van der Waals surface area (Å²) in [7, 11) is 0. The lowest BCUT2D eigenvalue weighted by atomic mass is 9.92. The molecule has 0 bridgehead atoms. The van der Waals surface area contributed by atoms with Gasteiger partial charge >= 0.3 is 11.9 Å². The number of aliphatic hydroxyl groups excluding tert-OH is 13. The number of nitrogens with one attached hydrogen (secondary N) is 8. The van der Waals surface area contributed by atoms with Gasteiger partial charge in [-0.15, -0.1) is 0 Å². The van der Waals surface area contributed by atoms with Crippen molar-refractivity contribution in [2.24, 2.45) is 22.4 Å². The van der Waals surface area contributed by atoms with Gasteiger partial charge in [-0.2, -0.15) is 0 Å². The van der Waals surface area contributed by atoms with Crippen molar-refractivity contribution in [3.63, 3.8) is 0 Å². The van der Waals surface area contributed by atoms with Gasteiger partial charge in [0.05, 0.1) is 39.0 Å². The van der Waals surface area contributed by atoms with E-state index in [0.29, 0.717) is 5.56 Å². The fourth-order valence-corrected chi connectivity index (χ4v) is 11.9. The summed E-state index contributed by atoms with van der Waals surface area (Å²) in [4.78, 5) is 104. The van der Waals surface area contributed by atoms with E-state index < -0.39 is 240 Å². The second kappa shape index (κ2) is 33.3. The van der Waals surface area contributed by atoms with Crippen LogP contribution in [0.5, 0.6) is 5.75 Å².